The van der Waals surface area contributed by atoms with Crippen molar-refractivity contribution in [2.24, 2.45) is 11.3 Å². The third-order valence-corrected chi connectivity index (χ3v) is 6.35. The SMILES string of the molecule is C[C@H](C(=O)N1CCC[C@H]1C(=O)NCc1cccc(NC(=O)[C@H]2CCC(=O)O2)c1)C(C)(C)C. The van der Waals surface area contributed by atoms with Crippen LogP contribution in [0.5, 0.6) is 0 Å². The van der Waals surface area contributed by atoms with Crippen molar-refractivity contribution < 1.29 is 23.9 Å². The van der Waals surface area contributed by atoms with Crippen molar-refractivity contribution in [1.29, 1.82) is 0 Å². The Balaban J connectivity index is 1.56. The van der Waals surface area contributed by atoms with Crippen LogP contribution in [-0.4, -0.2) is 47.3 Å². The summed E-state index contributed by atoms with van der Waals surface area (Å²) in [5.41, 5.74) is 1.22. The lowest BCUT2D eigenvalue weighted by atomic mass is 9.81. The normalized spacial score (nSPS) is 21.8. The molecule has 3 amide bonds. The summed E-state index contributed by atoms with van der Waals surface area (Å²) in [6.45, 7) is 8.90. The van der Waals surface area contributed by atoms with Gasteiger partial charge in [-0.05, 0) is 36.0 Å². The highest BCUT2D eigenvalue weighted by molar-refractivity contribution is 5.96. The van der Waals surface area contributed by atoms with Crippen LogP contribution in [0.25, 0.3) is 0 Å². The zero-order chi connectivity index (χ0) is 23.5. The Hall–Kier alpha value is -2.90. The van der Waals surface area contributed by atoms with Gasteiger partial charge in [0.1, 0.15) is 6.04 Å². The quantitative estimate of drug-likeness (QED) is 0.658. The first kappa shape index (κ1) is 23.8. The van der Waals surface area contributed by atoms with Gasteiger partial charge in [0.05, 0.1) is 0 Å². The fraction of sp³-hybridized carbons (Fsp3) is 0.583. The Morgan fingerprint density at radius 3 is 2.59 bits per heavy atom. The number of nitrogens with one attached hydrogen (secondary N) is 2. The molecule has 8 nitrogen and oxygen atoms in total. The molecule has 0 unspecified atom stereocenters. The molecule has 1 aromatic rings. The van der Waals surface area contributed by atoms with E-state index in [4.69, 9.17) is 4.74 Å². The largest absolute Gasteiger partial charge is 0.452 e. The van der Waals surface area contributed by atoms with E-state index in [0.29, 0.717) is 25.1 Å². The van der Waals surface area contributed by atoms with Gasteiger partial charge in [0.25, 0.3) is 5.91 Å². The fourth-order valence-electron chi connectivity index (χ4n) is 3.92. The molecule has 0 spiro atoms. The molecule has 0 aromatic heterocycles. The van der Waals surface area contributed by atoms with Crippen molar-refractivity contribution in [1.82, 2.24) is 10.2 Å². The maximum atomic E-state index is 12.9. The van der Waals surface area contributed by atoms with Crippen molar-refractivity contribution in [2.45, 2.75) is 72.1 Å². The van der Waals surface area contributed by atoms with Gasteiger partial charge in [0.15, 0.2) is 6.10 Å². The number of carbonyl (C=O) groups is 4. The van der Waals surface area contributed by atoms with Gasteiger partial charge < -0.3 is 20.3 Å². The van der Waals surface area contributed by atoms with Crippen LogP contribution in [0.2, 0.25) is 0 Å². The third kappa shape index (κ3) is 5.66. The van der Waals surface area contributed by atoms with Crippen molar-refractivity contribution in [3.05, 3.63) is 29.8 Å². The second-order valence-electron chi connectivity index (χ2n) is 9.70. The molecule has 2 fully saturated rings. The van der Waals surface area contributed by atoms with E-state index >= 15 is 0 Å². The van der Waals surface area contributed by atoms with Crippen LogP contribution in [0, 0.1) is 11.3 Å². The van der Waals surface area contributed by atoms with Crippen molar-refractivity contribution in [3.8, 4) is 0 Å². The second kappa shape index (κ2) is 9.71. The van der Waals surface area contributed by atoms with Gasteiger partial charge in [0.2, 0.25) is 11.8 Å². The molecule has 2 saturated heterocycles. The van der Waals surface area contributed by atoms with Crippen LogP contribution in [0.4, 0.5) is 5.69 Å². The van der Waals surface area contributed by atoms with Gasteiger partial charge >= 0.3 is 5.97 Å². The second-order valence-corrected chi connectivity index (χ2v) is 9.70. The zero-order valence-corrected chi connectivity index (χ0v) is 19.3. The number of esters is 1. The van der Waals surface area contributed by atoms with Gasteiger partial charge in [-0.3, -0.25) is 19.2 Å². The average molecular weight is 444 g/mol. The molecule has 0 aliphatic carbocycles. The molecule has 8 heteroatoms. The van der Waals surface area contributed by atoms with E-state index in [1.165, 1.54) is 0 Å². The van der Waals surface area contributed by atoms with Crippen LogP contribution in [0.1, 0.15) is 58.9 Å². The van der Waals surface area contributed by atoms with Crippen molar-refractivity contribution >= 4 is 29.4 Å². The first-order chi connectivity index (χ1) is 15.1. The molecule has 0 saturated carbocycles. The number of hydrogen-bond acceptors (Lipinski definition) is 5. The van der Waals surface area contributed by atoms with Crippen molar-refractivity contribution in [3.63, 3.8) is 0 Å². The number of nitrogens with zero attached hydrogens (tertiary/aromatic N) is 1. The minimum atomic E-state index is -0.757. The Kier molecular flexibility index (Phi) is 7.21. The van der Waals surface area contributed by atoms with E-state index in [-0.39, 0.29) is 48.0 Å². The number of cyclic esters (lactones) is 1. The Labute approximate surface area is 189 Å². The maximum absolute atomic E-state index is 12.9. The van der Waals surface area contributed by atoms with Crippen LogP contribution in [-0.2, 0) is 30.5 Å². The first-order valence-electron chi connectivity index (χ1n) is 11.2. The topological polar surface area (TPSA) is 105 Å². The Morgan fingerprint density at radius 2 is 1.94 bits per heavy atom. The molecule has 0 radical (unpaired) electrons. The highest BCUT2D eigenvalue weighted by Crippen LogP contribution is 2.30. The Morgan fingerprint density at radius 1 is 1.19 bits per heavy atom. The molecule has 0 bridgehead atoms. The minimum Gasteiger partial charge on any atom is -0.452 e. The third-order valence-electron chi connectivity index (χ3n) is 6.35. The summed E-state index contributed by atoms with van der Waals surface area (Å²) < 4.78 is 4.99. The van der Waals surface area contributed by atoms with E-state index in [1.807, 2.05) is 33.8 Å². The standard InChI is InChI=1S/C24H33N3O5/c1-15(24(2,3)4)23(31)27-12-6-9-18(27)21(29)25-14-16-7-5-8-17(13-16)26-22(30)19-10-11-20(28)32-19/h5,7-8,13,15,18-19H,6,9-12,14H2,1-4H3,(H,25,29)(H,26,30)/t15-,18+,19-/m1/s1. The summed E-state index contributed by atoms with van der Waals surface area (Å²) in [7, 11) is 0. The summed E-state index contributed by atoms with van der Waals surface area (Å²) in [6.07, 6.45) is 1.34. The number of anilines is 1. The highest BCUT2D eigenvalue weighted by atomic mass is 16.6. The molecular weight excluding hydrogens is 410 g/mol. The van der Waals surface area contributed by atoms with E-state index in [0.717, 1.165) is 12.0 Å². The monoisotopic (exact) mass is 443 g/mol. The summed E-state index contributed by atoms with van der Waals surface area (Å²) in [4.78, 5) is 50.9. The van der Waals surface area contributed by atoms with E-state index < -0.39 is 12.1 Å². The minimum absolute atomic E-state index is 0.0208. The summed E-state index contributed by atoms with van der Waals surface area (Å²) >= 11 is 0. The van der Waals surface area contributed by atoms with Gasteiger partial charge in [-0.1, -0.05) is 39.8 Å². The molecule has 2 aliphatic heterocycles. The molecule has 2 aliphatic rings. The van der Waals surface area contributed by atoms with Crippen LogP contribution < -0.4 is 10.6 Å². The van der Waals surface area contributed by atoms with Crippen molar-refractivity contribution in [2.75, 3.05) is 11.9 Å². The van der Waals surface area contributed by atoms with Gasteiger partial charge in [-0.15, -0.1) is 0 Å². The summed E-state index contributed by atoms with van der Waals surface area (Å²) in [5, 5.41) is 5.68. The number of hydrogen-bond donors (Lipinski definition) is 2. The predicted molar refractivity (Wildman–Crippen MR) is 119 cm³/mol. The van der Waals surface area contributed by atoms with Crippen LogP contribution in [0.3, 0.4) is 0 Å². The molecule has 3 atom stereocenters. The van der Waals surface area contributed by atoms with Gasteiger partial charge in [0, 0.05) is 37.5 Å². The van der Waals surface area contributed by atoms with Crippen LogP contribution >= 0.6 is 0 Å². The number of amides is 3. The molecule has 1 aromatic carbocycles. The molecular formula is C24H33N3O5. The average Bonchev–Trinajstić information content (AvgIpc) is 3.40. The lowest BCUT2D eigenvalue weighted by molar-refractivity contribution is -0.146. The van der Waals surface area contributed by atoms with E-state index in [2.05, 4.69) is 10.6 Å². The number of benzene rings is 1. The van der Waals surface area contributed by atoms with Gasteiger partial charge in [-0.2, -0.15) is 0 Å². The summed E-state index contributed by atoms with van der Waals surface area (Å²) in [6, 6.07) is 6.70. The molecule has 32 heavy (non-hydrogen) atoms. The Bertz CT molecular complexity index is 892. The first-order valence-corrected chi connectivity index (χ1v) is 11.2. The lowest BCUT2D eigenvalue weighted by Crippen LogP contribution is -2.49. The number of ether oxygens (including phenoxy) is 1. The van der Waals surface area contributed by atoms with E-state index in [9.17, 15) is 19.2 Å². The molecule has 2 heterocycles. The molecule has 2 N–H and O–H groups in total. The number of carbonyl (C=O) groups excluding carboxylic acids is 4. The number of likely N-dealkylation sites (tertiary alicyclic amines) is 1. The molecule has 174 valence electrons. The fourth-order valence-corrected chi connectivity index (χ4v) is 3.92. The summed E-state index contributed by atoms with van der Waals surface area (Å²) in [5.74, 6) is -1.03. The zero-order valence-electron chi connectivity index (χ0n) is 19.3. The van der Waals surface area contributed by atoms with Gasteiger partial charge in [-0.25, -0.2) is 0 Å². The van der Waals surface area contributed by atoms with Crippen LogP contribution in [0.15, 0.2) is 24.3 Å². The lowest BCUT2D eigenvalue weighted by Gasteiger charge is -2.32. The molecule has 3 rings (SSSR count). The number of rotatable bonds is 6. The predicted octanol–water partition coefficient (Wildman–Crippen LogP) is 2.62. The van der Waals surface area contributed by atoms with E-state index in [1.54, 1.807) is 23.1 Å². The maximum Gasteiger partial charge on any atom is 0.306 e. The highest BCUT2D eigenvalue weighted by Gasteiger charge is 2.38. The smallest absolute Gasteiger partial charge is 0.306 e.